The average molecular weight is 250 g/mol. The third-order valence-electron chi connectivity index (χ3n) is 2.97. The van der Waals surface area contributed by atoms with E-state index in [0.717, 1.165) is 12.2 Å². The Morgan fingerprint density at radius 2 is 2.00 bits per heavy atom. The second-order valence-corrected chi connectivity index (χ2v) is 4.10. The topological polar surface area (TPSA) is 84.9 Å². The van der Waals surface area contributed by atoms with Gasteiger partial charge in [0.2, 0.25) is 12.1 Å². The van der Waals surface area contributed by atoms with E-state index in [-0.39, 0.29) is 12.3 Å². The lowest BCUT2D eigenvalue weighted by molar-refractivity contribution is -0.218. The summed E-state index contributed by atoms with van der Waals surface area (Å²) < 4.78 is 5.11. The number of fused-ring (bicyclic) bond motifs is 2. The van der Waals surface area contributed by atoms with E-state index in [9.17, 15) is 14.4 Å². The van der Waals surface area contributed by atoms with Crippen LogP contribution >= 0.6 is 0 Å². The molecule has 94 valence electrons. The van der Waals surface area contributed by atoms with Gasteiger partial charge in [0.1, 0.15) is 0 Å². The molecular formula is C11H10N2O5. The minimum absolute atomic E-state index is 0.206. The van der Waals surface area contributed by atoms with Crippen molar-refractivity contribution in [2.45, 2.75) is 19.1 Å². The number of rotatable bonds is 0. The van der Waals surface area contributed by atoms with Gasteiger partial charge < -0.3 is 14.9 Å². The van der Waals surface area contributed by atoms with Crippen molar-refractivity contribution in [3.8, 4) is 0 Å². The Hall–Kier alpha value is -2.31. The van der Waals surface area contributed by atoms with Crippen LogP contribution in [0.25, 0.3) is 0 Å². The number of hydrogen-bond acceptors (Lipinski definition) is 6. The van der Waals surface area contributed by atoms with Gasteiger partial charge in [-0.2, -0.15) is 5.06 Å². The Bertz CT molecular complexity index is 508. The summed E-state index contributed by atoms with van der Waals surface area (Å²) in [7, 11) is 0. The minimum atomic E-state index is -0.750. The highest BCUT2D eigenvalue weighted by Gasteiger charge is 2.41. The number of nitrogens with zero attached hydrogens (tertiary/aromatic N) is 1. The molecule has 7 nitrogen and oxygen atoms in total. The highest BCUT2D eigenvalue weighted by molar-refractivity contribution is 5.96. The molecule has 1 N–H and O–H groups in total. The van der Waals surface area contributed by atoms with E-state index in [4.69, 9.17) is 9.57 Å². The molecule has 0 aromatic rings. The Kier molecular flexibility index (Phi) is 2.32. The van der Waals surface area contributed by atoms with Gasteiger partial charge >= 0.3 is 11.9 Å². The van der Waals surface area contributed by atoms with Crippen molar-refractivity contribution in [1.82, 2.24) is 10.4 Å². The molecule has 3 rings (SSSR count). The van der Waals surface area contributed by atoms with E-state index in [1.54, 1.807) is 0 Å². The van der Waals surface area contributed by atoms with Crippen molar-refractivity contribution >= 4 is 17.8 Å². The molecule has 3 aliphatic heterocycles. The van der Waals surface area contributed by atoms with Crippen molar-refractivity contribution in [2.75, 3.05) is 6.54 Å². The molecule has 7 heteroatoms. The lowest BCUT2D eigenvalue weighted by Gasteiger charge is -2.28. The van der Waals surface area contributed by atoms with Crippen LogP contribution in [0, 0.1) is 0 Å². The number of hydroxylamine groups is 2. The number of ether oxygens (including phenoxy) is 1. The fourth-order valence-electron chi connectivity index (χ4n) is 2.21. The summed E-state index contributed by atoms with van der Waals surface area (Å²) in [6.07, 6.45) is 2.04. The van der Waals surface area contributed by atoms with Crippen LogP contribution in [0.4, 0.5) is 0 Å². The lowest BCUT2D eigenvalue weighted by atomic mass is 10.1. The Morgan fingerprint density at radius 3 is 2.83 bits per heavy atom. The lowest BCUT2D eigenvalue weighted by Crippen LogP contribution is -2.38. The SMILES string of the molecule is O=C1/C=C\C(=O)ON2C3=C(CC2O1)C(=O)NCC3. The van der Waals surface area contributed by atoms with E-state index < -0.39 is 18.2 Å². The standard InChI is InChI=1S/C11H10N2O5/c14-9-1-2-10(15)18-13-7-3-4-12-11(16)6(7)5-8(13)17-9/h1-2,8H,3-5H2,(H,12,16)/b2-1-. The summed E-state index contributed by atoms with van der Waals surface area (Å²) in [4.78, 5) is 39.5. The van der Waals surface area contributed by atoms with Crippen LogP contribution in [-0.4, -0.2) is 35.7 Å². The van der Waals surface area contributed by atoms with Gasteiger partial charge in [-0.15, -0.1) is 0 Å². The molecule has 0 spiro atoms. The maximum Gasteiger partial charge on any atom is 0.356 e. The molecule has 0 saturated carbocycles. The maximum atomic E-state index is 11.7. The molecule has 1 amide bonds. The number of nitrogens with one attached hydrogen (secondary N) is 1. The van der Waals surface area contributed by atoms with Crippen molar-refractivity contribution in [3.05, 3.63) is 23.4 Å². The first-order valence-corrected chi connectivity index (χ1v) is 5.55. The van der Waals surface area contributed by atoms with E-state index in [2.05, 4.69) is 5.32 Å². The first-order valence-electron chi connectivity index (χ1n) is 5.55. The third-order valence-corrected chi connectivity index (χ3v) is 2.97. The van der Waals surface area contributed by atoms with E-state index in [0.29, 0.717) is 24.2 Å². The molecule has 0 fully saturated rings. The molecule has 0 aromatic carbocycles. The van der Waals surface area contributed by atoms with E-state index in [1.807, 2.05) is 0 Å². The largest absolute Gasteiger partial charge is 0.435 e. The maximum absolute atomic E-state index is 11.7. The highest BCUT2D eigenvalue weighted by Crippen LogP contribution is 2.34. The molecule has 0 bridgehead atoms. The number of carbonyl (C=O) groups excluding carboxylic acids is 3. The van der Waals surface area contributed by atoms with Gasteiger partial charge in [-0.25, -0.2) is 9.59 Å². The number of esters is 1. The normalized spacial score (nSPS) is 28.6. The second kappa shape index (κ2) is 3.86. The molecule has 0 aliphatic carbocycles. The van der Waals surface area contributed by atoms with Crippen molar-refractivity contribution < 1.29 is 24.0 Å². The summed E-state index contributed by atoms with van der Waals surface area (Å²) in [6, 6.07) is 0. The molecule has 1 atom stereocenters. The van der Waals surface area contributed by atoms with Gasteiger partial charge in [0, 0.05) is 37.1 Å². The van der Waals surface area contributed by atoms with Crippen LogP contribution in [-0.2, 0) is 24.0 Å². The molecule has 1 unspecified atom stereocenters. The van der Waals surface area contributed by atoms with Gasteiger partial charge in [-0.3, -0.25) is 4.79 Å². The van der Waals surface area contributed by atoms with Crippen LogP contribution in [0.2, 0.25) is 0 Å². The van der Waals surface area contributed by atoms with E-state index >= 15 is 0 Å². The fraction of sp³-hybridized carbons (Fsp3) is 0.364. The van der Waals surface area contributed by atoms with Crippen LogP contribution in [0.3, 0.4) is 0 Å². The Balaban J connectivity index is 1.94. The van der Waals surface area contributed by atoms with Gasteiger partial charge in [0.25, 0.3) is 0 Å². The summed E-state index contributed by atoms with van der Waals surface area (Å²) in [5, 5.41) is 3.93. The summed E-state index contributed by atoms with van der Waals surface area (Å²) >= 11 is 0. The number of hydrogen-bond donors (Lipinski definition) is 1. The van der Waals surface area contributed by atoms with Gasteiger partial charge in [0.05, 0.1) is 5.70 Å². The summed E-state index contributed by atoms with van der Waals surface area (Å²) in [6.45, 7) is 0.474. The summed E-state index contributed by atoms with van der Waals surface area (Å²) in [5.41, 5.74) is 1.12. The average Bonchev–Trinajstić information content (AvgIpc) is 2.65. The minimum Gasteiger partial charge on any atom is -0.435 e. The van der Waals surface area contributed by atoms with Gasteiger partial charge in [0.15, 0.2) is 0 Å². The number of amides is 1. The smallest absolute Gasteiger partial charge is 0.356 e. The van der Waals surface area contributed by atoms with Gasteiger partial charge in [-0.05, 0) is 0 Å². The van der Waals surface area contributed by atoms with Crippen LogP contribution in [0.1, 0.15) is 12.8 Å². The fourth-order valence-corrected chi connectivity index (χ4v) is 2.21. The molecular weight excluding hydrogens is 240 g/mol. The van der Waals surface area contributed by atoms with Crippen molar-refractivity contribution in [1.29, 1.82) is 0 Å². The predicted octanol–water partition coefficient (Wildman–Crippen LogP) is -0.637. The third kappa shape index (κ3) is 1.64. The van der Waals surface area contributed by atoms with E-state index in [1.165, 1.54) is 5.06 Å². The molecule has 3 aliphatic rings. The molecule has 18 heavy (non-hydrogen) atoms. The Morgan fingerprint density at radius 1 is 1.22 bits per heavy atom. The highest BCUT2D eigenvalue weighted by atomic mass is 16.7. The van der Waals surface area contributed by atoms with Crippen molar-refractivity contribution in [2.24, 2.45) is 0 Å². The zero-order valence-electron chi connectivity index (χ0n) is 9.34. The van der Waals surface area contributed by atoms with Crippen LogP contribution < -0.4 is 5.32 Å². The molecule has 0 radical (unpaired) electrons. The Labute approximate surface area is 102 Å². The monoisotopic (exact) mass is 250 g/mol. The van der Waals surface area contributed by atoms with Crippen molar-refractivity contribution in [3.63, 3.8) is 0 Å². The zero-order valence-corrected chi connectivity index (χ0v) is 9.34. The van der Waals surface area contributed by atoms with Gasteiger partial charge in [-0.1, -0.05) is 0 Å². The predicted molar refractivity (Wildman–Crippen MR) is 56.2 cm³/mol. The van der Waals surface area contributed by atoms with Crippen LogP contribution in [0.5, 0.6) is 0 Å². The number of carbonyl (C=O) groups is 3. The quantitative estimate of drug-likeness (QED) is 0.576. The molecule has 3 heterocycles. The molecule has 0 aromatic heterocycles. The molecule has 0 saturated heterocycles. The zero-order chi connectivity index (χ0) is 12.7. The summed E-state index contributed by atoms with van der Waals surface area (Å²) in [5.74, 6) is -1.48. The van der Waals surface area contributed by atoms with Crippen LogP contribution in [0.15, 0.2) is 23.4 Å². The first-order chi connectivity index (χ1) is 8.65. The first kappa shape index (κ1) is 10.8. The second-order valence-electron chi connectivity index (χ2n) is 4.10.